The van der Waals surface area contributed by atoms with Gasteiger partial charge in [-0.05, 0) is 44.5 Å². The number of carbonyl (C=O) groups excluding carboxylic acids is 1. The van der Waals surface area contributed by atoms with Crippen molar-refractivity contribution in [1.29, 1.82) is 5.26 Å². The second-order valence-corrected chi connectivity index (χ2v) is 4.62. The number of amides is 1. The summed E-state index contributed by atoms with van der Waals surface area (Å²) in [5.41, 5.74) is -0.134. The van der Waals surface area contributed by atoms with Crippen molar-refractivity contribution in [2.24, 2.45) is 0 Å². The van der Waals surface area contributed by atoms with Gasteiger partial charge in [-0.15, -0.1) is 0 Å². The van der Waals surface area contributed by atoms with Crippen molar-refractivity contribution in [1.82, 2.24) is 5.32 Å². The van der Waals surface area contributed by atoms with Gasteiger partial charge in [0.05, 0.1) is 16.8 Å². The summed E-state index contributed by atoms with van der Waals surface area (Å²) in [7, 11) is 0. The summed E-state index contributed by atoms with van der Waals surface area (Å²) in [6.07, 6.45) is 1.69. The van der Waals surface area contributed by atoms with Crippen LogP contribution in [0.2, 0.25) is 0 Å². The van der Waals surface area contributed by atoms with Crippen LogP contribution >= 0.6 is 0 Å². The average Bonchev–Trinajstić information content (AvgIpc) is 2.79. The fourth-order valence-electron chi connectivity index (χ4n) is 2.07. The van der Waals surface area contributed by atoms with Crippen molar-refractivity contribution < 1.29 is 9.18 Å². The van der Waals surface area contributed by atoms with Crippen LogP contribution in [0.4, 0.5) is 10.1 Å². The molecule has 1 fully saturated rings. The summed E-state index contributed by atoms with van der Waals surface area (Å²) in [6.45, 7) is 2.63. The first-order valence-electron chi connectivity index (χ1n) is 5.81. The molecule has 1 unspecified atom stereocenters. The molecule has 94 valence electrons. The van der Waals surface area contributed by atoms with E-state index in [-0.39, 0.29) is 11.5 Å². The van der Waals surface area contributed by atoms with Crippen molar-refractivity contribution in [3.8, 4) is 6.07 Å². The van der Waals surface area contributed by atoms with Crippen LogP contribution in [0, 0.1) is 17.1 Å². The summed E-state index contributed by atoms with van der Waals surface area (Å²) >= 11 is 0. The summed E-state index contributed by atoms with van der Waals surface area (Å²) in [5.74, 6) is -0.683. The van der Waals surface area contributed by atoms with Crippen LogP contribution in [0.3, 0.4) is 0 Å². The Labute approximate surface area is 105 Å². The maximum Gasteiger partial charge on any atom is 0.244 e. The van der Waals surface area contributed by atoms with Gasteiger partial charge < -0.3 is 10.6 Å². The Morgan fingerprint density at radius 1 is 1.61 bits per heavy atom. The molecule has 0 radical (unpaired) electrons. The first-order chi connectivity index (χ1) is 8.55. The van der Waals surface area contributed by atoms with E-state index >= 15 is 0 Å². The Bertz CT molecular complexity index is 515. The van der Waals surface area contributed by atoms with E-state index in [1.807, 2.05) is 13.0 Å². The number of anilines is 1. The third-order valence-corrected chi connectivity index (χ3v) is 3.22. The van der Waals surface area contributed by atoms with E-state index in [0.717, 1.165) is 25.5 Å². The standard InChI is InChI=1S/C13H14FN3O/c1-13(5-2-6-16-13)12(18)17-11-4-3-10(14)7-9(11)8-15/h3-4,7,16H,2,5-6H2,1H3,(H,17,18). The van der Waals surface area contributed by atoms with E-state index < -0.39 is 11.4 Å². The summed E-state index contributed by atoms with van der Waals surface area (Å²) in [6, 6.07) is 5.61. The molecule has 4 nitrogen and oxygen atoms in total. The molecule has 5 heteroatoms. The fraction of sp³-hybridized carbons (Fsp3) is 0.385. The Morgan fingerprint density at radius 2 is 2.39 bits per heavy atom. The first-order valence-corrected chi connectivity index (χ1v) is 5.81. The number of hydrogen-bond acceptors (Lipinski definition) is 3. The van der Waals surface area contributed by atoms with Gasteiger partial charge >= 0.3 is 0 Å². The molecule has 1 atom stereocenters. The molecule has 1 aliphatic rings. The molecule has 0 bridgehead atoms. The molecule has 1 heterocycles. The van der Waals surface area contributed by atoms with Crippen LogP contribution in [-0.4, -0.2) is 18.0 Å². The number of nitriles is 1. The Balaban J connectivity index is 2.19. The van der Waals surface area contributed by atoms with Gasteiger partial charge in [0.2, 0.25) is 5.91 Å². The zero-order chi connectivity index (χ0) is 13.2. The summed E-state index contributed by atoms with van der Waals surface area (Å²) < 4.78 is 13.0. The average molecular weight is 247 g/mol. The number of nitrogens with one attached hydrogen (secondary N) is 2. The highest BCUT2D eigenvalue weighted by molar-refractivity contribution is 5.98. The van der Waals surface area contributed by atoms with Crippen LogP contribution in [-0.2, 0) is 4.79 Å². The zero-order valence-corrected chi connectivity index (χ0v) is 10.1. The second kappa shape index (κ2) is 4.75. The monoisotopic (exact) mass is 247 g/mol. The minimum atomic E-state index is -0.610. The highest BCUT2D eigenvalue weighted by Crippen LogP contribution is 2.22. The van der Waals surface area contributed by atoms with Crippen molar-refractivity contribution >= 4 is 11.6 Å². The number of hydrogen-bond donors (Lipinski definition) is 2. The van der Waals surface area contributed by atoms with Crippen LogP contribution < -0.4 is 10.6 Å². The molecule has 1 aromatic rings. The number of nitrogens with zero attached hydrogens (tertiary/aromatic N) is 1. The molecule has 1 aromatic carbocycles. The van der Waals surface area contributed by atoms with E-state index in [1.165, 1.54) is 12.1 Å². The molecule has 2 rings (SSSR count). The molecule has 1 saturated heterocycles. The van der Waals surface area contributed by atoms with Gasteiger partial charge in [0.15, 0.2) is 0 Å². The van der Waals surface area contributed by atoms with Gasteiger partial charge in [-0.3, -0.25) is 4.79 Å². The minimum Gasteiger partial charge on any atom is -0.323 e. The quantitative estimate of drug-likeness (QED) is 0.837. The van der Waals surface area contributed by atoms with E-state index in [1.54, 1.807) is 0 Å². The van der Waals surface area contributed by atoms with Crippen molar-refractivity contribution in [3.63, 3.8) is 0 Å². The predicted molar refractivity (Wildman–Crippen MR) is 65.4 cm³/mol. The summed E-state index contributed by atoms with van der Waals surface area (Å²) in [5, 5.41) is 14.7. The van der Waals surface area contributed by atoms with Crippen LogP contribution in [0.15, 0.2) is 18.2 Å². The normalized spacial score (nSPS) is 22.5. The molecule has 1 amide bonds. The predicted octanol–water partition coefficient (Wildman–Crippen LogP) is 1.78. The fourth-order valence-corrected chi connectivity index (χ4v) is 2.07. The van der Waals surface area contributed by atoms with E-state index in [4.69, 9.17) is 5.26 Å². The van der Waals surface area contributed by atoms with E-state index in [2.05, 4.69) is 10.6 Å². The molecule has 0 spiro atoms. The molecule has 1 aliphatic heterocycles. The molecule has 0 aliphatic carbocycles. The smallest absolute Gasteiger partial charge is 0.244 e. The van der Waals surface area contributed by atoms with Crippen LogP contribution in [0.5, 0.6) is 0 Å². The van der Waals surface area contributed by atoms with Gasteiger partial charge in [0.25, 0.3) is 0 Å². The van der Waals surface area contributed by atoms with Crippen molar-refractivity contribution in [2.75, 3.05) is 11.9 Å². The largest absolute Gasteiger partial charge is 0.323 e. The molecule has 18 heavy (non-hydrogen) atoms. The molecule has 0 saturated carbocycles. The molecule has 2 N–H and O–H groups in total. The topological polar surface area (TPSA) is 64.9 Å². The lowest BCUT2D eigenvalue weighted by Gasteiger charge is -2.23. The number of benzene rings is 1. The maximum atomic E-state index is 13.0. The highest BCUT2D eigenvalue weighted by Gasteiger charge is 2.36. The second-order valence-electron chi connectivity index (χ2n) is 4.62. The van der Waals surface area contributed by atoms with Gasteiger partial charge in [-0.2, -0.15) is 5.26 Å². The minimum absolute atomic E-state index is 0.130. The third-order valence-electron chi connectivity index (χ3n) is 3.22. The number of carbonyl (C=O) groups is 1. The van der Waals surface area contributed by atoms with Crippen LogP contribution in [0.1, 0.15) is 25.3 Å². The summed E-state index contributed by atoms with van der Waals surface area (Å²) in [4.78, 5) is 12.1. The lowest BCUT2D eigenvalue weighted by atomic mass is 9.99. The van der Waals surface area contributed by atoms with E-state index in [0.29, 0.717) is 5.69 Å². The Hall–Kier alpha value is -1.93. The number of halogens is 1. The SMILES string of the molecule is CC1(C(=O)Nc2ccc(F)cc2C#N)CCCN1. The Morgan fingerprint density at radius 3 is 3.00 bits per heavy atom. The van der Waals surface area contributed by atoms with Gasteiger partial charge in [0.1, 0.15) is 11.9 Å². The van der Waals surface area contributed by atoms with Crippen molar-refractivity contribution in [3.05, 3.63) is 29.6 Å². The molecular weight excluding hydrogens is 233 g/mol. The van der Waals surface area contributed by atoms with Gasteiger partial charge in [0, 0.05) is 0 Å². The number of rotatable bonds is 2. The van der Waals surface area contributed by atoms with Crippen LogP contribution in [0.25, 0.3) is 0 Å². The lowest BCUT2D eigenvalue weighted by Crippen LogP contribution is -2.48. The maximum absolute atomic E-state index is 13.0. The highest BCUT2D eigenvalue weighted by atomic mass is 19.1. The zero-order valence-electron chi connectivity index (χ0n) is 10.1. The Kier molecular flexibility index (Phi) is 3.30. The van der Waals surface area contributed by atoms with E-state index in [9.17, 15) is 9.18 Å². The van der Waals surface area contributed by atoms with Crippen molar-refractivity contribution in [2.45, 2.75) is 25.3 Å². The van der Waals surface area contributed by atoms with Gasteiger partial charge in [-0.1, -0.05) is 0 Å². The molecular formula is C13H14FN3O. The first kappa shape index (κ1) is 12.5. The van der Waals surface area contributed by atoms with Gasteiger partial charge in [-0.25, -0.2) is 4.39 Å². The third kappa shape index (κ3) is 2.34. The lowest BCUT2D eigenvalue weighted by molar-refractivity contribution is -0.121. The molecule has 0 aromatic heterocycles.